The van der Waals surface area contributed by atoms with E-state index in [1.807, 2.05) is 0 Å². The summed E-state index contributed by atoms with van der Waals surface area (Å²) in [6.07, 6.45) is 1.96. The molecule has 3 unspecified atom stereocenters. The van der Waals surface area contributed by atoms with Gasteiger partial charge in [0.1, 0.15) is 0 Å². The Balaban J connectivity index is 2.40. The monoisotopic (exact) mass is 306 g/mol. The summed E-state index contributed by atoms with van der Waals surface area (Å²) in [7, 11) is 0. The van der Waals surface area contributed by atoms with E-state index in [1.165, 1.54) is 0 Å². The summed E-state index contributed by atoms with van der Waals surface area (Å²) in [5.74, 6) is 0.649. The van der Waals surface area contributed by atoms with Gasteiger partial charge in [-0.3, -0.25) is 0 Å². The quantitative estimate of drug-likeness (QED) is 0.345. The van der Waals surface area contributed by atoms with Crippen LogP contribution in [0, 0.1) is 26.1 Å². The minimum atomic E-state index is -1.05. The van der Waals surface area contributed by atoms with Crippen LogP contribution in [0.1, 0.15) is 46.0 Å². The molecule has 3 atom stereocenters. The van der Waals surface area contributed by atoms with Crippen LogP contribution >= 0.6 is 0 Å². The molecule has 1 fully saturated rings. The molecule has 0 aromatic heterocycles. The predicted molar refractivity (Wildman–Crippen MR) is 71.4 cm³/mol. The molecular formula is C12H22N2O7. The van der Waals surface area contributed by atoms with Gasteiger partial charge in [-0.2, -0.15) is 0 Å². The summed E-state index contributed by atoms with van der Waals surface area (Å²) in [4.78, 5) is 29.7. The molecular weight excluding hydrogens is 284 g/mol. The fourth-order valence-electron chi connectivity index (χ4n) is 2.41. The van der Waals surface area contributed by atoms with E-state index >= 15 is 0 Å². The molecule has 122 valence electrons. The minimum absolute atomic E-state index is 0.0733. The zero-order valence-corrected chi connectivity index (χ0v) is 12.3. The number of nitrogens with zero attached hydrogens (tertiary/aromatic N) is 2. The normalized spacial score (nSPS) is 25.0. The third-order valence-corrected chi connectivity index (χ3v) is 3.41. The van der Waals surface area contributed by atoms with Gasteiger partial charge in [0.05, 0.1) is 12.7 Å². The zero-order valence-electron chi connectivity index (χ0n) is 12.3. The summed E-state index contributed by atoms with van der Waals surface area (Å²) in [5.41, 5.74) is 0. The van der Waals surface area contributed by atoms with Gasteiger partial charge in [0.25, 0.3) is 10.2 Å². The third kappa shape index (κ3) is 6.56. The SMILES string of the molecule is CC(C)CCCCCC1OCC(O[N+](=O)[O-])C1O[N+](=O)[O-]. The second-order valence-electron chi connectivity index (χ2n) is 5.56. The molecule has 1 rings (SSSR count). The zero-order chi connectivity index (χ0) is 15.8. The Morgan fingerprint density at radius 1 is 1.14 bits per heavy atom. The summed E-state index contributed by atoms with van der Waals surface area (Å²) in [6, 6.07) is 0. The first-order valence-corrected chi connectivity index (χ1v) is 7.14. The van der Waals surface area contributed by atoms with Crippen LogP contribution in [0.25, 0.3) is 0 Å². The van der Waals surface area contributed by atoms with Gasteiger partial charge < -0.3 is 14.4 Å². The minimum Gasteiger partial charge on any atom is -0.373 e. The van der Waals surface area contributed by atoms with E-state index in [1.54, 1.807) is 0 Å². The lowest BCUT2D eigenvalue weighted by Crippen LogP contribution is -2.37. The van der Waals surface area contributed by atoms with E-state index in [9.17, 15) is 20.2 Å². The molecule has 21 heavy (non-hydrogen) atoms. The van der Waals surface area contributed by atoms with Crippen molar-refractivity contribution in [1.29, 1.82) is 0 Å². The van der Waals surface area contributed by atoms with Gasteiger partial charge >= 0.3 is 0 Å². The molecule has 0 aromatic rings. The highest BCUT2D eigenvalue weighted by Gasteiger charge is 2.42. The molecule has 1 saturated heterocycles. The average molecular weight is 306 g/mol. The Bertz CT molecular complexity index is 350. The molecule has 0 amide bonds. The summed E-state index contributed by atoms with van der Waals surface area (Å²) in [5, 5.41) is 18.9. The second kappa shape index (κ2) is 8.60. The maximum atomic E-state index is 10.5. The van der Waals surface area contributed by atoms with Crippen molar-refractivity contribution < 1.29 is 24.6 Å². The van der Waals surface area contributed by atoms with E-state index in [-0.39, 0.29) is 6.61 Å². The van der Waals surface area contributed by atoms with Crippen LogP contribution in [-0.4, -0.2) is 35.1 Å². The maximum Gasteiger partial charge on any atom is 0.294 e. The van der Waals surface area contributed by atoms with Gasteiger partial charge in [0, 0.05) is 0 Å². The molecule has 0 aromatic carbocycles. The fraction of sp³-hybridized carbons (Fsp3) is 1.00. The van der Waals surface area contributed by atoms with Gasteiger partial charge in [-0.1, -0.05) is 39.5 Å². The van der Waals surface area contributed by atoms with E-state index in [4.69, 9.17) is 4.74 Å². The number of hydrogen-bond donors (Lipinski definition) is 0. The fourth-order valence-corrected chi connectivity index (χ4v) is 2.41. The molecule has 1 heterocycles. The molecule has 0 N–H and O–H groups in total. The predicted octanol–water partition coefficient (Wildman–Crippen LogP) is 2.15. The summed E-state index contributed by atoms with van der Waals surface area (Å²) < 4.78 is 5.35. The molecule has 0 saturated carbocycles. The largest absolute Gasteiger partial charge is 0.373 e. The van der Waals surface area contributed by atoms with Crippen molar-refractivity contribution in [3.63, 3.8) is 0 Å². The van der Waals surface area contributed by atoms with E-state index in [0.29, 0.717) is 12.3 Å². The van der Waals surface area contributed by atoms with Crippen molar-refractivity contribution >= 4 is 0 Å². The van der Waals surface area contributed by atoms with E-state index < -0.39 is 28.5 Å². The van der Waals surface area contributed by atoms with Gasteiger partial charge in [-0.25, -0.2) is 0 Å². The van der Waals surface area contributed by atoms with Crippen LogP contribution in [0.4, 0.5) is 0 Å². The van der Waals surface area contributed by atoms with Gasteiger partial charge in [0.15, 0.2) is 12.2 Å². The Kier molecular flexibility index (Phi) is 7.13. The first kappa shape index (κ1) is 17.4. The van der Waals surface area contributed by atoms with Crippen molar-refractivity contribution in [2.24, 2.45) is 5.92 Å². The molecule has 0 aliphatic carbocycles. The number of rotatable bonds is 10. The molecule has 9 heteroatoms. The van der Waals surface area contributed by atoms with Crippen LogP contribution in [0.15, 0.2) is 0 Å². The first-order chi connectivity index (χ1) is 9.90. The standard InChI is InChI=1S/C12H22N2O7/c1-9(2)6-4-3-5-7-10-12(21-14(17)18)11(8-19-10)20-13(15)16/h9-12H,3-8H2,1-2H3. The highest BCUT2D eigenvalue weighted by atomic mass is 17.0. The molecule has 0 spiro atoms. The molecule has 9 nitrogen and oxygen atoms in total. The van der Waals surface area contributed by atoms with Crippen LogP contribution in [-0.2, 0) is 14.4 Å². The topological polar surface area (TPSA) is 114 Å². The Labute approximate surface area is 122 Å². The molecule has 0 bridgehead atoms. The van der Waals surface area contributed by atoms with Crippen LogP contribution in [0.2, 0.25) is 0 Å². The maximum absolute atomic E-state index is 10.5. The highest BCUT2D eigenvalue weighted by Crippen LogP contribution is 2.25. The lowest BCUT2D eigenvalue weighted by molar-refractivity contribution is -0.797. The average Bonchev–Trinajstić information content (AvgIpc) is 2.70. The number of hydrogen-bond acceptors (Lipinski definition) is 7. The van der Waals surface area contributed by atoms with Gasteiger partial charge in [-0.15, -0.1) is 20.2 Å². The van der Waals surface area contributed by atoms with Gasteiger partial charge in [-0.05, 0) is 12.3 Å². The Hall–Kier alpha value is -1.64. The van der Waals surface area contributed by atoms with Crippen molar-refractivity contribution in [3.05, 3.63) is 20.2 Å². The lowest BCUT2D eigenvalue weighted by atomic mass is 10.0. The third-order valence-electron chi connectivity index (χ3n) is 3.41. The second-order valence-corrected chi connectivity index (χ2v) is 5.56. The van der Waals surface area contributed by atoms with Gasteiger partial charge in [0.2, 0.25) is 0 Å². The van der Waals surface area contributed by atoms with Crippen LogP contribution in [0.5, 0.6) is 0 Å². The smallest absolute Gasteiger partial charge is 0.294 e. The Morgan fingerprint density at radius 3 is 2.38 bits per heavy atom. The Morgan fingerprint density at radius 2 is 1.81 bits per heavy atom. The molecule has 0 radical (unpaired) electrons. The molecule has 1 aliphatic heterocycles. The van der Waals surface area contributed by atoms with E-state index in [0.717, 1.165) is 25.7 Å². The van der Waals surface area contributed by atoms with Crippen molar-refractivity contribution in [3.8, 4) is 0 Å². The number of ether oxygens (including phenoxy) is 1. The lowest BCUT2D eigenvalue weighted by Gasteiger charge is -2.19. The summed E-state index contributed by atoms with van der Waals surface area (Å²) in [6.45, 7) is 4.23. The summed E-state index contributed by atoms with van der Waals surface area (Å²) >= 11 is 0. The molecule has 1 aliphatic rings. The number of unbranched alkanes of at least 4 members (excludes halogenated alkanes) is 2. The van der Waals surface area contributed by atoms with E-state index in [2.05, 4.69) is 23.5 Å². The van der Waals surface area contributed by atoms with Crippen molar-refractivity contribution in [1.82, 2.24) is 0 Å². The van der Waals surface area contributed by atoms with Crippen molar-refractivity contribution in [2.45, 2.75) is 64.3 Å². The highest BCUT2D eigenvalue weighted by molar-refractivity contribution is 4.84. The van der Waals surface area contributed by atoms with Crippen molar-refractivity contribution in [2.75, 3.05) is 6.61 Å². The van der Waals surface area contributed by atoms with Crippen LogP contribution < -0.4 is 0 Å². The first-order valence-electron chi connectivity index (χ1n) is 7.14. The van der Waals surface area contributed by atoms with Crippen LogP contribution in [0.3, 0.4) is 0 Å².